The lowest BCUT2D eigenvalue weighted by molar-refractivity contribution is 0.0977. The standard InChI is InChI=1S/C26H33N5O2/c1-7-31-19(5)24(18(4)30-31)16-27-26(28-22-12-8-20(9-13-22)17(2)3)29-25(32)21-10-14-23(33-6)15-11-21/h8-15,17H,7,16H2,1-6H3,(H2,27,28,29,32). The lowest BCUT2D eigenvalue weighted by Gasteiger charge is -2.13. The Labute approximate surface area is 195 Å². The Bertz CT molecular complexity index is 1110. The van der Waals surface area contributed by atoms with E-state index < -0.39 is 0 Å². The Balaban J connectivity index is 1.85. The molecule has 1 heterocycles. The molecule has 1 aromatic heterocycles. The summed E-state index contributed by atoms with van der Waals surface area (Å²) in [5.74, 6) is 1.28. The summed E-state index contributed by atoms with van der Waals surface area (Å²) >= 11 is 0. The Morgan fingerprint density at radius 2 is 1.76 bits per heavy atom. The predicted octanol–water partition coefficient (Wildman–Crippen LogP) is 5.05. The molecule has 0 radical (unpaired) electrons. The first kappa shape index (κ1) is 24.0. The van der Waals surface area contributed by atoms with Gasteiger partial charge < -0.3 is 10.1 Å². The SMILES string of the molecule is CCn1nc(C)c(CN=C(NC(=O)c2ccc(OC)cc2)Nc2ccc(C(C)C)cc2)c1C. The average Bonchev–Trinajstić information content (AvgIpc) is 3.10. The van der Waals surface area contributed by atoms with E-state index in [9.17, 15) is 4.79 Å². The highest BCUT2D eigenvalue weighted by Gasteiger charge is 2.13. The Kier molecular flexibility index (Phi) is 7.87. The number of aryl methyl sites for hydroxylation is 2. The van der Waals surface area contributed by atoms with Gasteiger partial charge in [-0.1, -0.05) is 26.0 Å². The quantitative estimate of drug-likeness (QED) is 0.392. The molecule has 0 saturated carbocycles. The van der Waals surface area contributed by atoms with Crippen LogP contribution in [0.25, 0.3) is 0 Å². The van der Waals surface area contributed by atoms with Gasteiger partial charge in [0, 0.05) is 29.1 Å². The number of nitrogens with zero attached hydrogens (tertiary/aromatic N) is 3. The van der Waals surface area contributed by atoms with E-state index in [2.05, 4.69) is 48.6 Å². The Morgan fingerprint density at radius 1 is 1.09 bits per heavy atom. The van der Waals surface area contributed by atoms with Crippen molar-refractivity contribution in [2.45, 2.75) is 53.6 Å². The molecule has 0 aliphatic heterocycles. The number of guanidine groups is 1. The highest BCUT2D eigenvalue weighted by atomic mass is 16.5. The van der Waals surface area contributed by atoms with Gasteiger partial charge in [-0.05, 0) is 68.7 Å². The van der Waals surface area contributed by atoms with E-state index in [1.54, 1.807) is 31.4 Å². The first-order valence-electron chi connectivity index (χ1n) is 11.2. The fourth-order valence-corrected chi connectivity index (χ4v) is 3.55. The van der Waals surface area contributed by atoms with Gasteiger partial charge in [-0.3, -0.25) is 14.8 Å². The van der Waals surface area contributed by atoms with Crippen LogP contribution in [0.1, 0.15) is 59.6 Å². The van der Waals surface area contributed by atoms with E-state index >= 15 is 0 Å². The van der Waals surface area contributed by atoms with E-state index in [0.29, 0.717) is 29.7 Å². The van der Waals surface area contributed by atoms with Crippen molar-refractivity contribution < 1.29 is 9.53 Å². The van der Waals surface area contributed by atoms with Crippen LogP contribution >= 0.6 is 0 Å². The molecule has 0 spiro atoms. The van der Waals surface area contributed by atoms with Crippen LogP contribution in [0.2, 0.25) is 0 Å². The van der Waals surface area contributed by atoms with Crippen molar-refractivity contribution in [2.24, 2.45) is 4.99 Å². The number of nitrogens with one attached hydrogen (secondary N) is 2. The van der Waals surface area contributed by atoms with Gasteiger partial charge in [-0.2, -0.15) is 5.10 Å². The van der Waals surface area contributed by atoms with Crippen LogP contribution in [0.5, 0.6) is 5.75 Å². The predicted molar refractivity (Wildman–Crippen MR) is 133 cm³/mol. The molecule has 2 aromatic carbocycles. The summed E-state index contributed by atoms with van der Waals surface area (Å²) in [5.41, 5.74) is 5.71. The fourth-order valence-electron chi connectivity index (χ4n) is 3.55. The summed E-state index contributed by atoms with van der Waals surface area (Å²) in [6.45, 7) is 11.6. The highest BCUT2D eigenvalue weighted by molar-refractivity contribution is 6.10. The second kappa shape index (κ2) is 10.8. The van der Waals surface area contributed by atoms with Crippen LogP contribution in [0.4, 0.5) is 5.69 Å². The van der Waals surface area contributed by atoms with E-state index in [-0.39, 0.29) is 5.91 Å². The van der Waals surface area contributed by atoms with Crippen LogP contribution in [0, 0.1) is 13.8 Å². The molecule has 7 heteroatoms. The molecule has 7 nitrogen and oxygen atoms in total. The van der Waals surface area contributed by atoms with Crippen molar-refractivity contribution in [3.05, 3.63) is 76.6 Å². The van der Waals surface area contributed by atoms with Gasteiger partial charge in [0.05, 0.1) is 19.3 Å². The van der Waals surface area contributed by atoms with Crippen LogP contribution in [-0.2, 0) is 13.1 Å². The minimum Gasteiger partial charge on any atom is -0.497 e. The summed E-state index contributed by atoms with van der Waals surface area (Å²) < 4.78 is 7.15. The van der Waals surface area contributed by atoms with Gasteiger partial charge in [-0.25, -0.2) is 4.99 Å². The third-order valence-corrected chi connectivity index (χ3v) is 5.65. The zero-order valence-electron chi connectivity index (χ0n) is 20.3. The summed E-state index contributed by atoms with van der Waals surface area (Å²) in [5, 5.41) is 10.8. The molecule has 3 rings (SSSR count). The summed E-state index contributed by atoms with van der Waals surface area (Å²) in [4.78, 5) is 17.6. The number of rotatable bonds is 7. The average molecular weight is 448 g/mol. The minimum absolute atomic E-state index is 0.250. The molecule has 0 bridgehead atoms. The molecule has 0 unspecified atom stereocenters. The molecule has 0 fully saturated rings. The van der Waals surface area contributed by atoms with Crippen molar-refractivity contribution in [1.82, 2.24) is 15.1 Å². The number of amides is 1. The number of anilines is 1. The maximum Gasteiger partial charge on any atom is 0.257 e. The number of methoxy groups -OCH3 is 1. The van der Waals surface area contributed by atoms with Gasteiger partial charge >= 0.3 is 0 Å². The molecule has 33 heavy (non-hydrogen) atoms. The van der Waals surface area contributed by atoms with Crippen molar-refractivity contribution in [1.29, 1.82) is 0 Å². The van der Waals surface area contributed by atoms with E-state index in [1.165, 1.54) is 5.56 Å². The number of benzene rings is 2. The normalized spacial score (nSPS) is 11.5. The van der Waals surface area contributed by atoms with Crippen LogP contribution in [0.3, 0.4) is 0 Å². The molecule has 0 saturated heterocycles. The second-order valence-corrected chi connectivity index (χ2v) is 8.21. The smallest absolute Gasteiger partial charge is 0.257 e. The third-order valence-electron chi connectivity index (χ3n) is 5.65. The molecule has 2 N–H and O–H groups in total. The second-order valence-electron chi connectivity index (χ2n) is 8.21. The summed E-state index contributed by atoms with van der Waals surface area (Å²) in [6, 6.07) is 15.1. The maximum absolute atomic E-state index is 12.9. The molecule has 1 amide bonds. The number of aromatic nitrogens is 2. The first-order chi connectivity index (χ1) is 15.8. The van der Waals surface area contributed by atoms with Crippen LogP contribution in [-0.4, -0.2) is 28.8 Å². The summed E-state index contributed by atoms with van der Waals surface area (Å²) in [6.07, 6.45) is 0. The number of ether oxygens (including phenoxy) is 1. The molecular weight excluding hydrogens is 414 g/mol. The molecule has 174 valence electrons. The number of carbonyl (C=O) groups is 1. The third kappa shape index (κ3) is 6.00. The number of hydrogen-bond acceptors (Lipinski definition) is 4. The fraction of sp³-hybridized carbons (Fsp3) is 0.346. The van der Waals surface area contributed by atoms with Crippen molar-refractivity contribution in [3.63, 3.8) is 0 Å². The molecule has 0 aliphatic carbocycles. The van der Waals surface area contributed by atoms with E-state index in [0.717, 1.165) is 29.2 Å². The van der Waals surface area contributed by atoms with Crippen molar-refractivity contribution >= 4 is 17.6 Å². The first-order valence-corrected chi connectivity index (χ1v) is 11.2. The van der Waals surface area contributed by atoms with Crippen LogP contribution < -0.4 is 15.4 Å². The van der Waals surface area contributed by atoms with E-state index in [4.69, 9.17) is 9.73 Å². The Morgan fingerprint density at radius 3 is 2.30 bits per heavy atom. The molecule has 0 aliphatic rings. The monoisotopic (exact) mass is 447 g/mol. The number of hydrogen-bond donors (Lipinski definition) is 2. The van der Waals surface area contributed by atoms with Gasteiger partial charge in [0.2, 0.25) is 5.96 Å². The molecule has 3 aromatic rings. The van der Waals surface area contributed by atoms with Crippen LogP contribution in [0.15, 0.2) is 53.5 Å². The van der Waals surface area contributed by atoms with Gasteiger partial charge in [0.15, 0.2) is 0 Å². The van der Waals surface area contributed by atoms with Gasteiger partial charge in [-0.15, -0.1) is 0 Å². The van der Waals surface area contributed by atoms with Gasteiger partial charge in [0.25, 0.3) is 5.91 Å². The van der Waals surface area contributed by atoms with Crippen molar-refractivity contribution in [2.75, 3.05) is 12.4 Å². The highest BCUT2D eigenvalue weighted by Crippen LogP contribution is 2.18. The van der Waals surface area contributed by atoms with Crippen molar-refractivity contribution in [3.8, 4) is 5.75 Å². The van der Waals surface area contributed by atoms with E-state index in [1.807, 2.05) is 30.7 Å². The molecule has 0 atom stereocenters. The number of aliphatic imine (C=N–C) groups is 1. The summed E-state index contributed by atoms with van der Waals surface area (Å²) in [7, 11) is 1.60. The van der Waals surface area contributed by atoms with Gasteiger partial charge in [0.1, 0.15) is 5.75 Å². The lowest BCUT2D eigenvalue weighted by atomic mass is 10.0. The number of carbonyl (C=O) groups excluding carboxylic acids is 1. The zero-order chi connectivity index (χ0) is 24.0. The minimum atomic E-state index is -0.250. The Hall–Kier alpha value is -3.61. The largest absolute Gasteiger partial charge is 0.497 e. The maximum atomic E-state index is 12.9. The lowest BCUT2D eigenvalue weighted by Crippen LogP contribution is -2.36. The molecular formula is C26H33N5O2. The topological polar surface area (TPSA) is 80.5 Å². The zero-order valence-corrected chi connectivity index (χ0v) is 20.3.